The highest BCUT2D eigenvalue weighted by atomic mass is 79.9. The predicted octanol–water partition coefficient (Wildman–Crippen LogP) is 3.63. The van der Waals surface area contributed by atoms with Crippen molar-refractivity contribution in [1.29, 1.82) is 0 Å². The van der Waals surface area contributed by atoms with Crippen molar-refractivity contribution in [1.82, 2.24) is 0 Å². The van der Waals surface area contributed by atoms with E-state index in [0.717, 1.165) is 14.9 Å². The fourth-order valence-corrected chi connectivity index (χ4v) is 4.05. The second kappa shape index (κ2) is 6.37. The average molecular weight is 362 g/mol. The number of aliphatic hydroxyl groups is 2. The number of hydrogen-bond acceptors (Lipinski definition) is 3. The van der Waals surface area contributed by atoms with Gasteiger partial charge in [0.2, 0.25) is 0 Å². The van der Waals surface area contributed by atoms with Crippen LogP contribution in [0.5, 0.6) is 0 Å². The van der Waals surface area contributed by atoms with Crippen molar-refractivity contribution in [2.45, 2.75) is 11.8 Å². The molecule has 0 amide bonds. The average Bonchev–Trinajstić information content (AvgIpc) is 2.82. The number of rotatable bonds is 5. The molecule has 0 unspecified atom stereocenters. The normalized spacial score (nSPS) is 11.8. The fraction of sp³-hybridized carbons (Fsp3) is 0.286. The molecule has 5 heteroatoms. The van der Waals surface area contributed by atoms with Crippen LogP contribution in [0, 0.1) is 0 Å². The second-order valence-corrected chi connectivity index (χ2v) is 6.71. The van der Waals surface area contributed by atoms with Crippen LogP contribution in [0.2, 0.25) is 5.02 Å². The lowest BCUT2D eigenvalue weighted by atomic mass is 9.78. The maximum atomic E-state index is 9.81. The van der Waals surface area contributed by atoms with Crippen LogP contribution in [0.4, 0.5) is 0 Å². The number of benzene rings is 1. The number of hydrogen-bond donors (Lipinski definition) is 2. The van der Waals surface area contributed by atoms with Crippen molar-refractivity contribution in [3.63, 3.8) is 0 Å². The van der Waals surface area contributed by atoms with Gasteiger partial charge in [0.25, 0.3) is 0 Å². The van der Waals surface area contributed by atoms with Gasteiger partial charge in [-0.1, -0.05) is 29.8 Å². The van der Waals surface area contributed by atoms with E-state index in [1.54, 1.807) is 17.4 Å². The number of aliphatic hydroxyl groups excluding tert-OH is 2. The van der Waals surface area contributed by atoms with Crippen molar-refractivity contribution >= 4 is 38.9 Å². The highest BCUT2D eigenvalue weighted by molar-refractivity contribution is 9.10. The molecule has 0 aliphatic heterocycles. The first-order chi connectivity index (χ1) is 9.13. The minimum Gasteiger partial charge on any atom is -0.395 e. The molecule has 0 spiro atoms. The molecule has 0 fully saturated rings. The fourth-order valence-electron chi connectivity index (χ4n) is 2.08. The lowest BCUT2D eigenvalue weighted by Crippen LogP contribution is -2.37. The molecule has 1 aromatic heterocycles. The molecule has 0 saturated carbocycles. The zero-order chi connectivity index (χ0) is 13.9. The smallest absolute Gasteiger partial charge is 0.0554 e. The molecular formula is C14H14BrClO2S. The Hall–Kier alpha value is -0.390. The summed E-state index contributed by atoms with van der Waals surface area (Å²) in [7, 11) is 0. The quantitative estimate of drug-likeness (QED) is 0.854. The van der Waals surface area contributed by atoms with E-state index in [1.807, 2.05) is 29.6 Å². The molecule has 1 aromatic carbocycles. The molecule has 2 rings (SSSR count). The molecule has 2 N–H and O–H groups in total. The van der Waals surface area contributed by atoms with E-state index in [4.69, 9.17) is 11.6 Å². The largest absolute Gasteiger partial charge is 0.395 e. The summed E-state index contributed by atoms with van der Waals surface area (Å²) in [6.07, 6.45) is 0.544. The highest BCUT2D eigenvalue weighted by Crippen LogP contribution is 2.36. The first-order valence-corrected chi connectivity index (χ1v) is 7.86. The maximum absolute atomic E-state index is 9.81. The van der Waals surface area contributed by atoms with Crippen LogP contribution in [0.1, 0.15) is 10.4 Å². The molecule has 0 saturated heterocycles. The minimum absolute atomic E-state index is 0.155. The molecule has 0 radical (unpaired) electrons. The molecule has 0 bridgehead atoms. The molecule has 102 valence electrons. The van der Waals surface area contributed by atoms with Crippen LogP contribution >= 0.6 is 38.9 Å². The standard InChI is InChI=1S/C14H14BrClO2S/c15-11-5-6-19-13(11)7-14(8-17,9-18)10-3-1-2-4-12(10)16/h1-6,17-18H,7-9H2. The van der Waals surface area contributed by atoms with Crippen LogP contribution in [0.15, 0.2) is 40.2 Å². The minimum atomic E-state index is -0.758. The molecule has 0 atom stereocenters. The van der Waals surface area contributed by atoms with Crippen LogP contribution < -0.4 is 0 Å². The summed E-state index contributed by atoms with van der Waals surface area (Å²) in [5.41, 5.74) is 0.0214. The Morgan fingerprint density at radius 2 is 1.84 bits per heavy atom. The van der Waals surface area contributed by atoms with E-state index in [2.05, 4.69) is 15.9 Å². The van der Waals surface area contributed by atoms with Crippen LogP contribution in [0.3, 0.4) is 0 Å². The van der Waals surface area contributed by atoms with E-state index in [9.17, 15) is 10.2 Å². The van der Waals surface area contributed by atoms with Crippen molar-refractivity contribution in [3.8, 4) is 0 Å². The zero-order valence-corrected chi connectivity index (χ0v) is 13.3. The van der Waals surface area contributed by atoms with Crippen molar-refractivity contribution in [2.24, 2.45) is 0 Å². The zero-order valence-electron chi connectivity index (χ0n) is 10.1. The van der Waals surface area contributed by atoms with Gasteiger partial charge in [0.1, 0.15) is 0 Å². The SMILES string of the molecule is OCC(CO)(Cc1sccc1Br)c1ccccc1Cl. The van der Waals surface area contributed by atoms with Crippen LogP contribution in [0.25, 0.3) is 0 Å². The van der Waals surface area contributed by atoms with E-state index in [0.29, 0.717) is 11.4 Å². The van der Waals surface area contributed by atoms with Crippen LogP contribution in [-0.2, 0) is 11.8 Å². The summed E-state index contributed by atoms with van der Waals surface area (Å²) in [5, 5.41) is 22.2. The van der Waals surface area contributed by atoms with Crippen LogP contribution in [-0.4, -0.2) is 23.4 Å². The van der Waals surface area contributed by atoms with Crippen molar-refractivity contribution in [2.75, 3.05) is 13.2 Å². The Labute approximate surface area is 129 Å². The van der Waals surface area contributed by atoms with Crippen molar-refractivity contribution in [3.05, 3.63) is 55.6 Å². The third-order valence-electron chi connectivity index (χ3n) is 3.24. The van der Waals surface area contributed by atoms with Gasteiger partial charge in [-0.2, -0.15) is 0 Å². The molecule has 2 aromatic rings. The molecule has 0 aliphatic rings. The molecule has 1 heterocycles. The summed E-state index contributed by atoms with van der Waals surface area (Å²) in [6.45, 7) is -0.310. The van der Waals surface area contributed by atoms with Gasteiger partial charge in [-0.05, 0) is 45.4 Å². The third-order valence-corrected chi connectivity index (χ3v) is 5.50. The first kappa shape index (κ1) is 15.0. The monoisotopic (exact) mass is 360 g/mol. The molecular weight excluding hydrogens is 348 g/mol. The maximum Gasteiger partial charge on any atom is 0.0554 e. The Morgan fingerprint density at radius 3 is 2.37 bits per heavy atom. The number of halogens is 2. The predicted molar refractivity (Wildman–Crippen MR) is 83.0 cm³/mol. The van der Waals surface area contributed by atoms with E-state index in [1.165, 1.54) is 0 Å². The highest BCUT2D eigenvalue weighted by Gasteiger charge is 2.34. The first-order valence-electron chi connectivity index (χ1n) is 5.81. The third kappa shape index (κ3) is 3.03. The Bertz CT molecular complexity index is 552. The van der Waals surface area contributed by atoms with E-state index >= 15 is 0 Å². The van der Waals surface area contributed by atoms with E-state index < -0.39 is 5.41 Å². The van der Waals surface area contributed by atoms with Gasteiger partial charge in [-0.25, -0.2) is 0 Å². The summed E-state index contributed by atoms with van der Waals surface area (Å²) in [4.78, 5) is 1.09. The molecule has 2 nitrogen and oxygen atoms in total. The Morgan fingerprint density at radius 1 is 1.16 bits per heavy atom. The topological polar surface area (TPSA) is 40.5 Å². The van der Waals surface area contributed by atoms with E-state index in [-0.39, 0.29) is 13.2 Å². The summed E-state index contributed by atoms with van der Waals surface area (Å²) < 4.78 is 0.996. The van der Waals surface area contributed by atoms with Gasteiger partial charge in [0.05, 0.1) is 13.2 Å². The van der Waals surface area contributed by atoms with Gasteiger partial charge in [0.15, 0.2) is 0 Å². The van der Waals surface area contributed by atoms with Gasteiger partial charge >= 0.3 is 0 Å². The lowest BCUT2D eigenvalue weighted by Gasteiger charge is -2.31. The molecule has 0 aliphatic carbocycles. The second-order valence-electron chi connectivity index (χ2n) is 4.44. The lowest BCUT2D eigenvalue weighted by molar-refractivity contribution is 0.117. The Kier molecular flexibility index (Phi) is 5.03. The van der Waals surface area contributed by atoms with Gasteiger partial charge < -0.3 is 10.2 Å². The number of thiophene rings is 1. The molecule has 19 heavy (non-hydrogen) atoms. The van der Waals surface area contributed by atoms with Gasteiger partial charge in [0, 0.05) is 19.8 Å². The summed E-state index contributed by atoms with van der Waals surface area (Å²) in [6, 6.07) is 9.31. The van der Waals surface area contributed by atoms with Gasteiger partial charge in [-0.15, -0.1) is 11.3 Å². The van der Waals surface area contributed by atoms with Crippen molar-refractivity contribution < 1.29 is 10.2 Å². The van der Waals surface area contributed by atoms with Gasteiger partial charge in [-0.3, -0.25) is 0 Å². The summed E-state index contributed by atoms with van der Waals surface area (Å²) >= 11 is 11.3. The summed E-state index contributed by atoms with van der Waals surface area (Å²) in [5.74, 6) is 0. The Balaban J connectivity index is 2.44.